The van der Waals surface area contributed by atoms with E-state index in [1.807, 2.05) is 51.1 Å². The van der Waals surface area contributed by atoms with Crippen molar-refractivity contribution in [2.75, 3.05) is 5.73 Å². The van der Waals surface area contributed by atoms with Gasteiger partial charge in [-0.1, -0.05) is 18.2 Å². The van der Waals surface area contributed by atoms with Crippen LogP contribution in [0.5, 0.6) is 5.75 Å². The highest BCUT2D eigenvalue weighted by atomic mass is 16.5. The predicted molar refractivity (Wildman–Crippen MR) is 66.8 cm³/mol. The molecule has 2 N–H and O–H groups in total. The Morgan fingerprint density at radius 2 is 1.87 bits per heavy atom. The maximum absolute atomic E-state index is 5.67. The van der Waals surface area contributed by atoms with Crippen LogP contribution in [0.25, 0.3) is 0 Å². The van der Waals surface area contributed by atoms with Gasteiger partial charge in [0.2, 0.25) is 0 Å². The van der Waals surface area contributed by atoms with Crippen LogP contribution in [-0.2, 0) is 0 Å². The number of hydrogen-bond acceptors (Lipinski definition) is 2. The van der Waals surface area contributed by atoms with Crippen molar-refractivity contribution >= 4 is 5.69 Å². The summed E-state index contributed by atoms with van der Waals surface area (Å²) in [5.74, 6) is 1.57. The predicted octanol–water partition coefficient (Wildman–Crippen LogP) is 3.76. The average molecular weight is 205 g/mol. The van der Waals surface area contributed by atoms with Crippen LogP contribution < -0.4 is 10.5 Å². The minimum absolute atomic E-state index is 0.665. The summed E-state index contributed by atoms with van der Waals surface area (Å²) in [7, 11) is 0. The molecule has 2 nitrogen and oxygen atoms in total. The number of benzene rings is 1. The molecule has 1 aromatic carbocycles. The topological polar surface area (TPSA) is 35.2 Å². The Kier molecular flexibility index (Phi) is 6.81. The Morgan fingerprint density at radius 3 is 2.33 bits per heavy atom. The van der Waals surface area contributed by atoms with Crippen molar-refractivity contribution in [3.05, 3.63) is 48.8 Å². The second kappa shape index (κ2) is 7.68. The zero-order valence-corrected chi connectivity index (χ0v) is 9.66. The van der Waals surface area contributed by atoms with E-state index in [1.54, 1.807) is 6.08 Å². The minimum atomic E-state index is 0.665. The van der Waals surface area contributed by atoms with Crippen LogP contribution >= 0.6 is 0 Å². The quantitative estimate of drug-likeness (QED) is 0.453. The number of ether oxygens (including phenoxy) is 1. The van der Waals surface area contributed by atoms with Gasteiger partial charge >= 0.3 is 0 Å². The van der Waals surface area contributed by atoms with Crippen molar-refractivity contribution in [3.8, 4) is 5.75 Å². The smallest absolute Gasteiger partial charge is 0.149 e. The molecule has 1 rings (SSSR count). The molecule has 0 heterocycles. The fraction of sp³-hybridized carbons (Fsp3) is 0.231. The molecule has 0 amide bonds. The fourth-order valence-corrected chi connectivity index (χ4v) is 0.806. The van der Waals surface area contributed by atoms with E-state index in [0.29, 0.717) is 11.4 Å². The van der Waals surface area contributed by atoms with Crippen LogP contribution in [0.2, 0.25) is 0 Å². The van der Waals surface area contributed by atoms with Gasteiger partial charge in [0.25, 0.3) is 0 Å². The van der Waals surface area contributed by atoms with E-state index in [0.717, 1.165) is 5.76 Å². The Labute approximate surface area is 92.1 Å². The van der Waals surface area contributed by atoms with Crippen LogP contribution in [0.3, 0.4) is 0 Å². The van der Waals surface area contributed by atoms with Gasteiger partial charge in [0.1, 0.15) is 5.75 Å². The fourth-order valence-electron chi connectivity index (χ4n) is 0.806. The lowest BCUT2D eigenvalue weighted by Gasteiger charge is -2.06. The van der Waals surface area contributed by atoms with E-state index in [2.05, 4.69) is 6.58 Å². The first-order valence-corrected chi connectivity index (χ1v) is 4.88. The minimum Gasteiger partial charge on any atom is -0.460 e. The Bertz CT molecular complexity index is 329. The van der Waals surface area contributed by atoms with Crippen molar-refractivity contribution in [2.45, 2.75) is 20.8 Å². The molecule has 0 fully saturated rings. The molecule has 0 saturated carbocycles. The van der Waals surface area contributed by atoms with Gasteiger partial charge in [0.15, 0.2) is 0 Å². The number of nitrogens with two attached hydrogens (primary N) is 1. The zero-order valence-electron chi connectivity index (χ0n) is 9.66. The van der Waals surface area contributed by atoms with Crippen LogP contribution in [0.1, 0.15) is 20.8 Å². The molecule has 0 aromatic heterocycles. The Hall–Kier alpha value is -1.70. The lowest BCUT2D eigenvalue weighted by Crippen LogP contribution is -1.94. The molecule has 0 spiro atoms. The standard InChI is InChI=1S/C10H13NO.C3H6/c1-3-8(2)12-10-7-5-4-6-9(10)11;1-3-2/h3-7H,11H2,1-2H3;3H,1H2,2H3/b8-3+;. The van der Waals surface area contributed by atoms with Crippen LogP contribution in [0, 0.1) is 0 Å². The lowest BCUT2D eigenvalue weighted by molar-refractivity contribution is 0.429. The first-order chi connectivity index (χ1) is 7.15. The number of nitrogen functional groups attached to an aromatic ring is 1. The summed E-state index contributed by atoms with van der Waals surface area (Å²) in [5, 5.41) is 0. The molecule has 0 radical (unpaired) electrons. The van der Waals surface area contributed by atoms with Crippen LogP contribution in [0.15, 0.2) is 48.8 Å². The molecule has 1 aromatic rings. The van der Waals surface area contributed by atoms with Crippen molar-refractivity contribution in [2.24, 2.45) is 0 Å². The highest BCUT2D eigenvalue weighted by Crippen LogP contribution is 2.21. The summed E-state index contributed by atoms with van der Waals surface area (Å²) in [6, 6.07) is 7.45. The van der Waals surface area contributed by atoms with E-state index in [9.17, 15) is 0 Å². The first kappa shape index (κ1) is 13.3. The molecule has 0 atom stereocenters. The van der Waals surface area contributed by atoms with E-state index in [-0.39, 0.29) is 0 Å². The molecule has 2 heteroatoms. The summed E-state index contributed by atoms with van der Waals surface area (Å²) in [6.45, 7) is 9.07. The van der Waals surface area contributed by atoms with Gasteiger partial charge < -0.3 is 10.5 Å². The van der Waals surface area contributed by atoms with E-state index in [1.165, 1.54) is 0 Å². The van der Waals surface area contributed by atoms with Crippen LogP contribution in [-0.4, -0.2) is 0 Å². The molecular weight excluding hydrogens is 186 g/mol. The molecule has 0 bridgehead atoms. The monoisotopic (exact) mass is 205 g/mol. The summed E-state index contributed by atoms with van der Waals surface area (Å²) in [6.07, 6.45) is 3.65. The van der Waals surface area contributed by atoms with Crippen molar-refractivity contribution in [3.63, 3.8) is 0 Å². The van der Waals surface area contributed by atoms with Gasteiger partial charge in [0.05, 0.1) is 11.4 Å². The average Bonchev–Trinajstić information content (AvgIpc) is 2.22. The third-order valence-corrected chi connectivity index (χ3v) is 1.60. The summed E-state index contributed by atoms with van der Waals surface area (Å²) >= 11 is 0. The third kappa shape index (κ3) is 5.57. The van der Waals surface area contributed by atoms with Crippen LogP contribution in [0.4, 0.5) is 5.69 Å². The van der Waals surface area contributed by atoms with Gasteiger partial charge in [0, 0.05) is 0 Å². The van der Waals surface area contributed by atoms with Gasteiger partial charge in [-0.25, -0.2) is 0 Å². The second-order valence-electron chi connectivity index (χ2n) is 2.95. The van der Waals surface area contributed by atoms with Gasteiger partial charge in [-0.3, -0.25) is 0 Å². The van der Waals surface area contributed by atoms with E-state index < -0.39 is 0 Å². The maximum atomic E-state index is 5.67. The molecule has 0 unspecified atom stereocenters. The number of anilines is 1. The maximum Gasteiger partial charge on any atom is 0.149 e. The van der Waals surface area contributed by atoms with Gasteiger partial charge in [-0.05, 0) is 39.0 Å². The summed E-state index contributed by atoms with van der Waals surface area (Å²) in [4.78, 5) is 0. The van der Waals surface area contributed by atoms with Crippen molar-refractivity contribution < 1.29 is 4.74 Å². The normalized spacial score (nSPS) is 9.93. The highest BCUT2D eigenvalue weighted by molar-refractivity contribution is 5.52. The SMILES string of the molecule is C/C=C(\C)Oc1ccccc1N.C=CC. The number of hydrogen-bond donors (Lipinski definition) is 1. The molecule has 0 saturated heterocycles. The lowest BCUT2D eigenvalue weighted by atomic mass is 10.3. The third-order valence-electron chi connectivity index (χ3n) is 1.60. The summed E-state index contributed by atoms with van der Waals surface area (Å²) < 4.78 is 5.43. The second-order valence-corrected chi connectivity index (χ2v) is 2.95. The van der Waals surface area contributed by atoms with E-state index in [4.69, 9.17) is 10.5 Å². The first-order valence-electron chi connectivity index (χ1n) is 4.88. The van der Waals surface area contributed by atoms with Crippen molar-refractivity contribution in [1.82, 2.24) is 0 Å². The highest BCUT2D eigenvalue weighted by Gasteiger charge is 1.97. The molecular formula is C13H19NO. The number of allylic oxidation sites excluding steroid dienone is 3. The molecule has 0 aliphatic rings. The number of para-hydroxylation sites is 2. The Balaban J connectivity index is 0.000000583. The molecule has 0 aliphatic carbocycles. The summed E-state index contributed by atoms with van der Waals surface area (Å²) in [5.41, 5.74) is 6.34. The molecule has 82 valence electrons. The molecule has 15 heavy (non-hydrogen) atoms. The Morgan fingerprint density at radius 1 is 1.33 bits per heavy atom. The van der Waals surface area contributed by atoms with Gasteiger partial charge in [-0.15, -0.1) is 6.58 Å². The largest absolute Gasteiger partial charge is 0.460 e. The molecule has 0 aliphatic heterocycles. The van der Waals surface area contributed by atoms with Crippen molar-refractivity contribution in [1.29, 1.82) is 0 Å². The number of rotatable bonds is 2. The van der Waals surface area contributed by atoms with E-state index >= 15 is 0 Å². The van der Waals surface area contributed by atoms with Gasteiger partial charge in [-0.2, -0.15) is 0 Å². The zero-order chi connectivity index (χ0) is 11.7.